The van der Waals surface area contributed by atoms with E-state index in [1.54, 1.807) is 0 Å². The fraction of sp³-hybridized carbons (Fsp3) is 0.391. The molecule has 0 radical (unpaired) electrons. The number of halogens is 3. The molecule has 0 N–H and O–H groups in total. The lowest BCUT2D eigenvalue weighted by Crippen LogP contribution is -2.41. The molecule has 6 heteroatoms. The molecule has 1 aliphatic rings. The smallest absolute Gasteiger partial charge is 0.400 e. The number of hydrogen-bond acceptors (Lipinski definition) is 2. The van der Waals surface area contributed by atoms with E-state index in [4.69, 9.17) is 9.31 Å². The molecule has 0 saturated carbocycles. The molecule has 1 aliphatic heterocycles. The normalized spacial score (nSPS) is 19.2. The molecule has 29 heavy (non-hydrogen) atoms. The molecule has 2 aromatic carbocycles. The van der Waals surface area contributed by atoms with E-state index < -0.39 is 30.1 Å². The van der Waals surface area contributed by atoms with Crippen molar-refractivity contribution < 1.29 is 22.5 Å². The Morgan fingerprint density at radius 3 is 1.86 bits per heavy atom. The monoisotopic (exact) mass is 402 g/mol. The Balaban J connectivity index is 2.02. The van der Waals surface area contributed by atoms with Crippen LogP contribution < -0.4 is 0 Å². The summed E-state index contributed by atoms with van der Waals surface area (Å²) < 4.78 is 51.3. The first kappa shape index (κ1) is 21.7. The van der Waals surface area contributed by atoms with E-state index in [9.17, 15) is 13.2 Å². The van der Waals surface area contributed by atoms with Gasteiger partial charge in [0.25, 0.3) is 0 Å². The van der Waals surface area contributed by atoms with Crippen LogP contribution in [-0.4, -0.2) is 18.3 Å². The zero-order valence-corrected chi connectivity index (χ0v) is 17.4. The minimum Gasteiger partial charge on any atom is -0.400 e. The molecule has 3 rings (SSSR count). The molecule has 1 saturated heterocycles. The summed E-state index contributed by atoms with van der Waals surface area (Å²) in [6.45, 7) is 9.86. The third-order valence-electron chi connectivity index (χ3n) is 5.90. The fourth-order valence-corrected chi connectivity index (χ4v) is 3.29. The molecule has 0 amide bonds. The summed E-state index contributed by atoms with van der Waals surface area (Å²) in [6.07, 6.45) is -3.76. The van der Waals surface area contributed by atoms with Crippen LogP contribution in [0.5, 0.6) is 0 Å². The first-order valence-corrected chi connectivity index (χ1v) is 9.67. The summed E-state index contributed by atoms with van der Waals surface area (Å²) in [6, 6.07) is 15.2. The predicted octanol–water partition coefficient (Wildman–Crippen LogP) is 6.35. The van der Waals surface area contributed by atoms with Crippen molar-refractivity contribution in [3.05, 3.63) is 76.8 Å². The number of hydrogen-bond donors (Lipinski definition) is 0. The molecule has 0 unspecified atom stereocenters. The molecule has 1 heterocycles. The van der Waals surface area contributed by atoms with Crippen molar-refractivity contribution in [1.29, 1.82) is 0 Å². The Labute approximate surface area is 170 Å². The molecule has 0 atom stereocenters. The van der Waals surface area contributed by atoms with Crippen molar-refractivity contribution in [1.82, 2.24) is 0 Å². The Bertz CT molecular complexity index is 869. The van der Waals surface area contributed by atoms with E-state index >= 15 is 0 Å². The van der Waals surface area contributed by atoms with Gasteiger partial charge in [0.05, 0.1) is 16.8 Å². The van der Waals surface area contributed by atoms with Gasteiger partial charge in [-0.15, -0.1) is 0 Å². The van der Waals surface area contributed by atoms with E-state index in [0.717, 1.165) is 34.3 Å². The van der Waals surface area contributed by atoms with Crippen LogP contribution in [0.3, 0.4) is 0 Å². The molecule has 0 aromatic heterocycles. The van der Waals surface area contributed by atoms with Gasteiger partial charge in [-0.05, 0) is 75.3 Å². The quantitative estimate of drug-likeness (QED) is 0.555. The standard InChI is InChI=1S/C23H26BF3O2/c1-16(18-11-13-19(14-12-18)23(25,26)27)20(15-17-9-7-6-8-10-17)24-28-21(2,3)22(4,5)29-24/h6-14H,15H2,1-5H3/b20-16-. The van der Waals surface area contributed by atoms with Gasteiger partial charge < -0.3 is 9.31 Å². The van der Waals surface area contributed by atoms with Gasteiger partial charge in [-0.3, -0.25) is 0 Å². The third-order valence-corrected chi connectivity index (χ3v) is 5.90. The van der Waals surface area contributed by atoms with Crippen molar-refractivity contribution in [2.24, 2.45) is 0 Å². The fourth-order valence-electron chi connectivity index (χ4n) is 3.29. The van der Waals surface area contributed by atoms with Crippen LogP contribution in [0, 0.1) is 0 Å². The van der Waals surface area contributed by atoms with Crippen LogP contribution in [0.4, 0.5) is 13.2 Å². The molecular formula is C23H26BF3O2. The highest BCUT2D eigenvalue weighted by atomic mass is 19.4. The highest BCUT2D eigenvalue weighted by Gasteiger charge is 2.52. The van der Waals surface area contributed by atoms with E-state index in [0.29, 0.717) is 6.42 Å². The van der Waals surface area contributed by atoms with Gasteiger partial charge in [0, 0.05) is 0 Å². The lowest BCUT2D eigenvalue weighted by atomic mass is 9.71. The third kappa shape index (κ3) is 4.59. The number of benzene rings is 2. The van der Waals surface area contributed by atoms with E-state index in [1.807, 2.05) is 65.0 Å². The van der Waals surface area contributed by atoms with E-state index in [2.05, 4.69) is 0 Å². The van der Waals surface area contributed by atoms with E-state index in [-0.39, 0.29) is 0 Å². The van der Waals surface area contributed by atoms with Crippen LogP contribution in [0.2, 0.25) is 0 Å². The maximum atomic E-state index is 12.9. The number of rotatable bonds is 4. The summed E-state index contributed by atoms with van der Waals surface area (Å²) in [4.78, 5) is 0. The van der Waals surface area contributed by atoms with Gasteiger partial charge in [-0.1, -0.05) is 42.5 Å². The summed E-state index contributed by atoms with van der Waals surface area (Å²) in [5.74, 6) is 0. The molecule has 1 fully saturated rings. The number of alkyl halides is 3. The van der Waals surface area contributed by atoms with Gasteiger partial charge in [0.15, 0.2) is 0 Å². The molecular weight excluding hydrogens is 376 g/mol. The van der Waals surface area contributed by atoms with Gasteiger partial charge in [0.2, 0.25) is 0 Å². The minimum atomic E-state index is -4.35. The van der Waals surface area contributed by atoms with Crippen LogP contribution in [-0.2, 0) is 21.9 Å². The zero-order chi connectivity index (χ0) is 21.4. The first-order valence-electron chi connectivity index (χ1n) is 9.67. The minimum absolute atomic E-state index is 0.500. The van der Waals surface area contributed by atoms with Gasteiger partial charge in [-0.25, -0.2) is 0 Å². The highest BCUT2D eigenvalue weighted by Crippen LogP contribution is 2.41. The van der Waals surface area contributed by atoms with Crippen LogP contribution >= 0.6 is 0 Å². The van der Waals surface area contributed by atoms with Crippen molar-refractivity contribution in [3.63, 3.8) is 0 Å². The van der Waals surface area contributed by atoms with Crippen molar-refractivity contribution >= 4 is 12.7 Å². The second-order valence-corrected chi connectivity index (χ2v) is 8.48. The maximum absolute atomic E-state index is 12.9. The molecule has 0 spiro atoms. The Hall–Kier alpha value is -2.05. The molecule has 154 valence electrons. The highest BCUT2D eigenvalue weighted by molar-refractivity contribution is 6.56. The summed E-state index contributed by atoms with van der Waals surface area (Å²) in [5, 5.41) is 0. The Kier molecular flexibility index (Phi) is 5.72. The topological polar surface area (TPSA) is 18.5 Å². The van der Waals surface area contributed by atoms with Gasteiger partial charge in [0.1, 0.15) is 0 Å². The maximum Gasteiger partial charge on any atom is 0.491 e. The van der Waals surface area contributed by atoms with Gasteiger partial charge in [-0.2, -0.15) is 13.2 Å². The van der Waals surface area contributed by atoms with E-state index in [1.165, 1.54) is 12.1 Å². The van der Waals surface area contributed by atoms with Crippen molar-refractivity contribution in [2.75, 3.05) is 0 Å². The SMILES string of the molecule is C/C(=C(\Cc1ccccc1)B1OC(C)(C)C(C)(C)O1)c1ccc(C(F)(F)F)cc1. The molecule has 2 nitrogen and oxygen atoms in total. The molecule has 2 aromatic rings. The number of allylic oxidation sites excluding steroid dienone is 2. The average Bonchev–Trinajstić information content (AvgIpc) is 2.86. The second-order valence-electron chi connectivity index (χ2n) is 8.48. The van der Waals surface area contributed by atoms with Crippen LogP contribution in [0.15, 0.2) is 60.1 Å². The van der Waals surface area contributed by atoms with Crippen LogP contribution in [0.1, 0.15) is 51.3 Å². The largest absolute Gasteiger partial charge is 0.491 e. The van der Waals surface area contributed by atoms with Crippen molar-refractivity contribution in [3.8, 4) is 0 Å². The average molecular weight is 402 g/mol. The lowest BCUT2D eigenvalue weighted by Gasteiger charge is -2.32. The lowest BCUT2D eigenvalue weighted by molar-refractivity contribution is -0.137. The van der Waals surface area contributed by atoms with Gasteiger partial charge >= 0.3 is 13.3 Å². The van der Waals surface area contributed by atoms with Crippen LogP contribution in [0.25, 0.3) is 5.57 Å². The summed E-state index contributed by atoms with van der Waals surface area (Å²) in [5.41, 5.74) is 1.92. The van der Waals surface area contributed by atoms with Crippen molar-refractivity contribution in [2.45, 2.75) is 58.4 Å². The second kappa shape index (κ2) is 7.65. The summed E-state index contributed by atoms with van der Waals surface area (Å²) in [7, 11) is -0.567. The summed E-state index contributed by atoms with van der Waals surface area (Å²) >= 11 is 0. The molecule has 0 aliphatic carbocycles. The predicted molar refractivity (Wildman–Crippen MR) is 110 cm³/mol. The Morgan fingerprint density at radius 2 is 1.38 bits per heavy atom. The first-order chi connectivity index (χ1) is 13.4. The molecule has 0 bridgehead atoms. The Morgan fingerprint density at radius 1 is 0.862 bits per heavy atom. The zero-order valence-electron chi connectivity index (χ0n) is 17.4.